The fourth-order valence-electron chi connectivity index (χ4n) is 1.83. The minimum Gasteiger partial charge on any atom is -0.412 e. The molecule has 1 aliphatic heterocycles. The van der Waals surface area contributed by atoms with Crippen LogP contribution in [0, 0.1) is 0 Å². The third kappa shape index (κ3) is 3.51. The highest BCUT2D eigenvalue weighted by Gasteiger charge is 2.48. The Balaban J connectivity index is 0.00000196. The molecule has 0 saturated carbocycles. The van der Waals surface area contributed by atoms with Crippen molar-refractivity contribution >= 4 is 8.80 Å². The number of epoxide rings is 1. The predicted molar refractivity (Wildman–Crippen MR) is 58.8 cm³/mol. The summed E-state index contributed by atoms with van der Waals surface area (Å²) in [5.74, 6) is 0. The van der Waals surface area contributed by atoms with E-state index < -0.39 is 8.80 Å². The molecule has 0 radical (unpaired) electrons. The molecule has 5 nitrogen and oxygen atoms in total. The van der Waals surface area contributed by atoms with E-state index in [9.17, 15) is 0 Å². The minimum absolute atomic E-state index is 0. The van der Waals surface area contributed by atoms with Gasteiger partial charge in [0, 0.05) is 26.9 Å². The van der Waals surface area contributed by atoms with Gasteiger partial charge in [-0.05, 0) is 12.8 Å². The summed E-state index contributed by atoms with van der Waals surface area (Å²) in [6.45, 7) is 3.00. The lowest BCUT2D eigenvalue weighted by molar-refractivity contribution is 0.107. The highest BCUT2D eigenvalue weighted by atomic mass is 28.4. The molecule has 0 spiro atoms. The fourth-order valence-corrected chi connectivity index (χ4v) is 4.38. The standard InChI is InChI=1S/C9H20O4Si.H2O/c1-5-9(6-8-7-13-8)14(10-2,11-3)12-4;/h8-9H,5-7H2,1-4H3;1H2. The van der Waals surface area contributed by atoms with Gasteiger partial charge in [0.05, 0.1) is 12.7 Å². The van der Waals surface area contributed by atoms with Gasteiger partial charge >= 0.3 is 8.80 Å². The van der Waals surface area contributed by atoms with Crippen LogP contribution < -0.4 is 0 Å². The van der Waals surface area contributed by atoms with E-state index in [1.54, 1.807) is 21.3 Å². The summed E-state index contributed by atoms with van der Waals surface area (Å²) in [7, 11) is 2.54. The zero-order valence-corrected chi connectivity index (χ0v) is 10.9. The summed E-state index contributed by atoms with van der Waals surface area (Å²) in [5, 5.41) is 0. The molecule has 1 saturated heterocycles. The molecule has 0 aromatic carbocycles. The number of hydrogen-bond acceptors (Lipinski definition) is 4. The van der Waals surface area contributed by atoms with Crippen LogP contribution in [-0.4, -0.2) is 48.3 Å². The Labute approximate surface area is 92.3 Å². The third-order valence-electron chi connectivity index (χ3n) is 2.80. The summed E-state index contributed by atoms with van der Waals surface area (Å²) in [6.07, 6.45) is 2.38. The van der Waals surface area contributed by atoms with Crippen LogP contribution in [0.2, 0.25) is 5.54 Å². The molecular weight excluding hydrogens is 216 g/mol. The Bertz CT molecular complexity index is 162. The van der Waals surface area contributed by atoms with Crippen molar-refractivity contribution in [3.8, 4) is 0 Å². The van der Waals surface area contributed by atoms with Crippen molar-refractivity contribution in [1.29, 1.82) is 0 Å². The van der Waals surface area contributed by atoms with Crippen molar-refractivity contribution < 1.29 is 23.5 Å². The Morgan fingerprint density at radius 3 is 2.00 bits per heavy atom. The summed E-state index contributed by atoms with van der Waals surface area (Å²) in [5.41, 5.74) is 0.343. The third-order valence-corrected chi connectivity index (χ3v) is 6.15. The van der Waals surface area contributed by atoms with Crippen molar-refractivity contribution in [1.82, 2.24) is 0 Å². The lowest BCUT2D eigenvalue weighted by atomic mass is 10.2. The quantitative estimate of drug-likeness (QED) is 0.481. The molecule has 0 aliphatic carbocycles. The smallest absolute Gasteiger partial charge is 0.412 e. The molecule has 1 rings (SSSR count). The number of hydrogen-bond donors (Lipinski definition) is 0. The Morgan fingerprint density at radius 2 is 1.73 bits per heavy atom. The van der Waals surface area contributed by atoms with Crippen molar-refractivity contribution in [3.05, 3.63) is 0 Å². The molecule has 15 heavy (non-hydrogen) atoms. The monoisotopic (exact) mass is 238 g/mol. The van der Waals surface area contributed by atoms with E-state index in [4.69, 9.17) is 18.0 Å². The molecule has 0 aromatic heterocycles. The van der Waals surface area contributed by atoms with Gasteiger partial charge in [0.1, 0.15) is 0 Å². The van der Waals surface area contributed by atoms with E-state index in [0.717, 1.165) is 19.4 Å². The van der Waals surface area contributed by atoms with Crippen molar-refractivity contribution in [2.75, 3.05) is 27.9 Å². The minimum atomic E-state index is -2.45. The second-order valence-corrected chi connectivity index (χ2v) is 6.76. The fraction of sp³-hybridized carbons (Fsp3) is 1.00. The summed E-state index contributed by atoms with van der Waals surface area (Å²) < 4.78 is 21.6. The van der Waals surface area contributed by atoms with Gasteiger partial charge in [-0.2, -0.15) is 0 Å². The van der Waals surface area contributed by atoms with Crippen LogP contribution in [0.25, 0.3) is 0 Å². The lowest BCUT2D eigenvalue weighted by Crippen LogP contribution is -2.48. The van der Waals surface area contributed by atoms with Gasteiger partial charge in [0.25, 0.3) is 0 Å². The van der Waals surface area contributed by atoms with Crippen LogP contribution in [0.3, 0.4) is 0 Å². The van der Waals surface area contributed by atoms with Gasteiger partial charge in [-0.15, -0.1) is 0 Å². The first-order valence-corrected chi connectivity index (χ1v) is 6.79. The molecule has 1 heterocycles. The molecule has 0 amide bonds. The Kier molecular flexibility index (Phi) is 6.57. The highest BCUT2D eigenvalue weighted by molar-refractivity contribution is 6.62. The summed E-state index contributed by atoms with van der Waals surface area (Å²) in [6, 6.07) is 0. The van der Waals surface area contributed by atoms with Gasteiger partial charge in [0.2, 0.25) is 0 Å². The molecule has 2 unspecified atom stereocenters. The second kappa shape index (κ2) is 6.57. The highest BCUT2D eigenvalue weighted by Crippen LogP contribution is 2.35. The van der Waals surface area contributed by atoms with Gasteiger partial charge < -0.3 is 23.5 Å². The average Bonchev–Trinajstić information content (AvgIpc) is 3.03. The molecule has 6 heteroatoms. The van der Waals surface area contributed by atoms with E-state index in [0.29, 0.717) is 11.6 Å². The second-order valence-electron chi connectivity index (χ2n) is 3.51. The zero-order chi connectivity index (χ0) is 10.6. The van der Waals surface area contributed by atoms with Crippen LogP contribution in [0.5, 0.6) is 0 Å². The van der Waals surface area contributed by atoms with Gasteiger partial charge in [-0.3, -0.25) is 0 Å². The average molecular weight is 238 g/mol. The SMILES string of the molecule is CCC(CC1CO1)[Si](OC)(OC)OC.O. The zero-order valence-electron chi connectivity index (χ0n) is 9.91. The van der Waals surface area contributed by atoms with E-state index in [1.807, 2.05) is 0 Å². The van der Waals surface area contributed by atoms with Crippen LogP contribution in [-0.2, 0) is 18.0 Å². The predicted octanol–water partition coefficient (Wildman–Crippen LogP) is 0.609. The molecule has 0 bridgehead atoms. The maximum atomic E-state index is 5.46. The maximum absolute atomic E-state index is 5.46. The lowest BCUT2D eigenvalue weighted by Gasteiger charge is -2.31. The van der Waals surface area contributed by atoms with Crippen molar-refractivity contribution in [2.24, 2.45) is 0 Å². The summed E-state index contributed by atoms with van der Waals surface area (Å²) in [4.78, 5) is 0. The summed E-state index contributed by atoms with van der Waals surface area (Å²) >= 11 is 0. The van der Waals surface area contributed by atoms with Crippen molar-refractivity contribution in [2.45, 2.75) is 31.4 Å². The Hall–Kier alpha value is 0.0169. The normalized spacial score (nSPS) is 22.0. The largest absolute Gasteiger partial charge is 0.503 e. The number of rotatable bonds is 7. The van der Waals surface area contributed by atoms with Gasteiger partial charge in [0.15, 0.2) is 0 Å². The molecule has 1 aliphatic rings. The topological polar surface area (TPSA) is 71.7 Å². The molecule has 2 atom stereocenters. The van der Waals surface area contributed by atoms with E-state index in [-0.39, 0.29) is 5.48 Å². The van der Waals surface area contributed by atoms with Gasteiger partial charge in [-0.25, -0.2) is 0 Å². The first-order chi connectivity index (χ1) is 6.72. The van der Waals surface area contributed by atoms with Crippen LogP contribution in [0.1, 0.15) is 19.8 Å². The molecular formula is C9H22O5Si. The molecule has 1 fully saturated rings. The van der Waals surface area contributed by atoms with Crippen LogP contribution in [0.15, 0.2) is 0 Å². The molecule has 2 N–H and O–H groups in total. The van der Waals surface area contributed by atoms with E-state index in [2.05, 4.69) is 6.92 Å². The van der Waals surface area contributed by atoms with Gasteiger partial charge in [-0.1, -0.05) is 6.92 Å². The maximum Gasteiger partial charge on any atom is 0.503 e. The molecule has 0 aromatic rings. The first kappa shape index (κ1) is 15.0. The number of ether oxygens (including phenoxy) is 1. The van der Waals surface area contributed by atoms with Crippen molar-refractivity contribution in [3.63, 3.8) is 0 Å². The van der Waals surface area contributed by atoms with E-state index >= 15 is 0 Å². The van der Waals surface area contributed by atoms with E-state index in [1.165, 1.54) is 0 Å². The molecule has 92 valence electrons. The Morgan fingerprint density at radius 1 is 1.27 bits per heavy atom. The van der Waals surface area contributed by atoms with Crippen LogP contribution >= 0.6 is 0 Å². The first-order valence-electron chi connectivity index (χ1n) is 4.99. The van der Waals surface area contributed by atoms with Crippen LogP contribution in [0.4, 0.5) is 0 Å².